The molecular weight excluding hydrogens is 220 g/mol. The highest BCUT2D eigenvalue weighted by Crippen LogP contribution is 2.42. The topological polar surface area (TPSA) is 15.3 Å². The largest absolute Gasteiger partial charge is 0.315 e. The van der Waals surface area contributed by atoms with Crippen LogP contribution in [0.2, 0.25) is 0 Å². The van der Waals surface area contributed by atoms with Gasteiger partial charge in [-0.2, -0.15) is 0 Å². The van der Waals surface area contributed by atoms with Gasteiger partial charge in [-0.1, -0.05) is 32.6 Å². The molecule has 0 bridgehead atoms. The molecule has 2 saturated carbocycles. The van der Waals surface area contributed by atoms with Crippen molar-refractivity contribution >= 4 is 0 Å². The third-order valence-corrected chi connectivity index (χ3v) is 5.29. The van der Waals surface area contributed by atoms with Gasteiger partial charge in [0.15, 0.2) is 0 Å². The van der Waals surface area contributed by atoms with Gasteiger partial charge in [-0.3, -0.25) is 0 Å². The monoisotopic (exact) mass is 252 g/mol. The minimum absolute atomic E-state index is 0.969. The molecule has 18 heavy (non-hydrogen) atoms. The van der Waals surface area contributed by atoms with E-state index in [4.69, 9.17) is 0 Å². The molecule has 0 heterocycles. The quantitative estimate of drug-likeness (QED) is 0.731. The molecule has 106 valence electrons. The van der Waals surface area contributed by atoms with Crippen molar-refractivity contribution in [3.8, 4) is 0 Å². The third-order valence-electron chi connectivity index (χ3n) is 5.29. The molecule has 0 aliphatic heterocycles. The van der Waals surface area contributed by atoms with Crippen LogP contribution in [0.4, 0.5) is 0 Å². The molecule has 3 unspecified atom stereocenters. The average Bonchev–Trinajstić information content (AvgIpc) is 2.43. The summed E-state index contributed by atoms with van der Waals surface area (Å²) in [4.78, 5) is 2.38. The molecule has 2 aliphatic carbocycles. The van der Waals surface area contributed by atoms with E-state index in [0.717, 1.165) is 30.8 Å². The predicted molar refractivity (Wildman–Crippen MR) is 78.8 cm³/mol. The van der Waals surface area contributed by atoms with Crippen molar-refractivity contribution in [1.82, 2.24) is 10.2 Å². The second-order valence-corrected chi connectivity index (χ2v) is 6.58. The molecule has 2 heteroatoms. The van der Waals surface area contributed by atoms with Gasteiger partial charge in [0.1, 0.15) is 0 Å². The minimum atomic E-state index is 0.969. The van der Waals surface area contributed by atoms with E-state index in [1.165, 1.54) is 58.0 Å². The highest BCUT2D eigenvalue weighted by Gasteiger charge is 2.31. The van der Waals surface area contributed by atoms with Gasteiger partial charge >= 0.3 is 0 Å². The van der Waals surface area contributed by atoms with Crippen LogP contribution >= 0.6 is 0 Å². The molecule has 0 saturated heterocycles. The summed E-state index contributed by atoms with van der Waals surface area (Å²) >= 11 is 0. The number of nitrogens with one attached hydrogen (secondary N) is 1. The van der Waals surface area contributed by atoms with E-state index in [2.05, 4.69) is 24.2 Å². The Kier molecular flexibility index (Phi) is 5.97. The van der Waals surface area contributed by atoms with Gasteiger partial charge in [0.25, 0.3) is 0 Å². The fourth-order valence-electron chi connectivity index (χ4n) is 3.89. The molecule has 2 rings (SSSR count). The Hall–Kier alpha value is -0.0800. The number of nitrogens with zero attached hydrogens (tertiary/aromatic N) is 1. The van der Waals surface area contributed by atoms with E-state index in [0.29, 0.717) is 0 Å². The van der Waals surface area contributed by atoms with Crippen molar-refractivity contribution in [3.63, 3.8) is 0 Å². The third kappa shape index (κ3) is 4.24. The van der Waals surface area contributed by atoms with Crippen molar-refractivity contribution in [2.45, 2.75) is 51.9 Å². The molecule has 0 aromatic rings. The summed E-state index contributed by atoms with van der Waals surface area (Å²) in [6.07, 6.45) is 10.6. The Morgan fingerprint density at radius 3 is 2.61 bits per heavy atom. The molecule has 0 amide bonds. The number of likely N-dealkylation sites (N-methyl/N-ethyl adjacent to an activating group) is 1. The van der Waals surface area contributed by atoms with Crippen LogP contribution in [0.5, 0.6) is 0 Å². The first kappa shape index (κ1) is 14.3. The lowest BCUT2D eigenvalue weighted by Crippen LogP contribution is -2.35. The maximum Gasteiger partial charge on any atom is 0.0104 e. The van der Waals surface area contributed by atoms with E-state index < -0.39 is 0 Å². The smallest absolute Gasteiger partial charge is 0.0104 e. The van der Waals surface area contributed by atoms with E-state index in [1.54, 1.807) is 0 Å². The molecule has 0 radical (unpaired) electrons. The lowest BCUT2D eigenvalue weighted by Gasteiger charge is -2.39. The summed E-state index contributed by atoms with van der Waals surface area (Å²) in [5.41, 5.74) is 0. The lowest BCUT2D eigenvalue weighted by atomic mass is 9.67. The van der Waals surface area contributed by atoms with E-state index in [-0.39, 0.29) is 0 Å². The first-order valence-corrected chi connectivity index (χ1v) is 8.18. The van der Waals surface area contributed by atoms with Crippen molar-refractivity contribution in [3.05, 3.63) is 0 Å². The van der Waals surface area contributed by atoms with Crippen LogP contribution in [0, 0.1) is 17.8 Å². The molecular formula is C16H32N2. The zero-order valence-electron chi connectivity index (χ0n) is 12.5. The standard InChI is InChI=1S/C16H32N2/c1-3-18(2)11-10-17-13-14-8-9-15-6-4-5-7-16(15)12-14/h14-17H,3-13H2,1-2H3. The Morgan fingerprint density at radius 1 is 1.06 bits per heavy atom. The van der Waals surface area contributed by atoms with Crippen LogP contribution in [-0.2, 0) is 0 Å². The van der Waals surface area contributed by atoms with E-state index >= 15 is 0 Å². The second kappa shape index (κ2) is 7.49. The summed E-state index contributed by atoms with van der Waals surface area (Å²) in [5.74, 6) is 3.15. The molecule has 2 fully saturated rings. The molecule has 0 aromatic carbocycles. The van der Waals surface area contributed by atoms with Crippen LogP contribution in [0.25, 0.3) is 0 Å². The zero-order chi connectivity index (χ0) is 12.8. The Labute approximate surface area is 114 Å². The van der Waals surface area contributed by atoms with Crippen LogP contribution in [0.15, 0.2) is 0 Å². The Morgan fingerprint density at radius 2 is 1.83 bits per heavy atom. The maximum atomic E-state index is 3.67. The van der Waals surface area contributed by atoms with Gasteiger partial charge in [0.2, 0.25) is 0 Å². The summed E-state index contributed by atoms with van der Waals surface area (Å²) < 4.78 is 0. The molecule has 2 nitrogen and oxygen atoms in total. The molecule has 0 aromatic heterocycles. The van der Waals surface area contributed by atoms with Gasteiger partial charge in [-0.05, 0) is 57.2 Å². The van der Waals surface area contributed by atoms with Gasteiger partial charge in [-0.15, -0.1) is 0 Å². The molecule has 0 spiro atoms. The highest BCUT2D eigenvalue weighted by atomic mass is 15.1. The van der Waals surface area contributed by atoms with E-state index in [9.17, 15) is 0 Å². The number of hydrogen-bond donors (Lipinski definition) is 1. The number of hydrogen-bond acceptors (Lipinski definition) is 2. The van der Waals surface area contributed by atoms with Crippen molar-refractivity contribution < 1.29 is 0 Å². The summed E-state index contributed by atoms with van der Waals surface area (Å²) in [6.45, 7) is 7.00. The fourth-order valence-corrected chi connectivity index (χ4v) is 3.89. The second-order valence-electron chi connectivity index (χ2n) is 6.58. The maximum absolute atomic E-state index is 3.67. The molecule has 1 N–H and O–H groups in total. The summed E-state index contributed by atoms with van der Waals surface area (Å²) in [6, 6.07) is 0. The first-order chi connectivity index (χ1) is 8.79. The van der Waals surface area contributed by atoms with Crippen LogP contribution in [0.1, 0.15) is 51.9 Å². The van der Waals surface area contributed by atoms with Crippen LogP contribution in [-0.4, -0.2) is 38.1 Å². The zero-order valence-corrected chi connectivity index (χ0v) is 12.5. The predicted octanol–water partition coefficient (Wildman–Crippen LogP) is 3.13. The minimum Gasteiger partial charge on any atom is -0.315 e. The average molecular weight is 252 g/mol. The number of rotatable bonds is 6. The van der Waals surface area contributed by atoms with Crippen LogP contribution < -0.4 is 5.32 Å². The normalized spacial score (nSPS) is 32.5. The SMILES string of the molecule is CCN(C)CCNCC1CCC2CCCCC2C1. The van der Waals surface area contributed by atoms with Crippen molar-refractivity contribution in [2.24, 2.45) is 17.8 Å². The Balaban J connectivity index is 1.59. The van der Waals surface area contributed by atoms with Gasteiger partial charge in [0, 0.05) is 13.1 Å². The summed E-state index contributed by atoms with van der Waals surface area (Å²) in [5, 5.41) is 3.67. The van der Waals surface area contributed by atoms with Gasteiger partial charge in [0.05, 0.1) is 0 Å². The highest BCUT2D eigenvalue weighted by molar-refractivity contribution is 4.83. The Bertz CT molecular complexity index is 229. The van der Waals surface area contributed by atoms with Crippen molar-refractivity contribution in [2.75, 3.05) is 33.2 Å². The lowest BCUT2D eigenvalue weighted by molar-refractivity contribution is 0.128. The van der Waals surface area contributed by atoms with Gasteiger partial charge in [-0.25, -0.2) is 0 Å². The van der Waals surface area contributed by atoms with Crippen LogP contribution in [0.3, 0.4) is 0 Å². The van der Waals surface area contributed by atoms with Crippen molar-refractivity contribution in [1.29, 1.82) is 0 Å². The summed E-state index contributed by atoms with van der Waals surface area (Å²) in [7, 11) is 2.20. The molecule has 2 aliphatic rings. The van der Waals surface area contributed by atoms with E-state index in [1.807, 2.05) is 0 Å². The fraction of sp³-hybridized carbons (Fsp3) is 1.00. The number of fused-ring (bicyclic) bond motifs is 1. The first-order valence-electron chi connectivity index (χ1n) is 8.18. The van der Waals surface area contributed by atoms with Gasteiger partial charge < -0.3 is 10.2 Å². The molecule has 3 atom stereocenters.